The van der Waals surface area contributed by atoms with Crippen LogP contribution in [0.5, 0.6) is 0 Å². The van der Waals surface area contributed by atoms with Crippen LogP contribution >= 0.6 is 0 Å². The molecular formula is C7H12O2. The van der Waals surface area contributed by atoms with Gasteiger partial charge in [0, 0.05) is 12.0 Å². The Labute approximate surface area is 55.2 Å². The molecule has 2 nitrogen and oxygen atoms in total. The molecule has 0 aromatic heterocycles. The molecule has 0 radical (unpaired) electrons. The Morgan fingerprint density at radius 1 is 1.56 bits per heavy atom. The minimum absolute atomic E-state index is 0.0212. The molecule has 0 aliphatic rings. The van der Waals surface area contributed by atoms with Crippen molar-refractivity contribution in [3.05, 3.63) is 11.8 Å². The van der Waals surface area contributed by atoms with Crippen molar-refractivity contribution >= 4 is 5.78 Å². The van der Waals surface area contributed by atoms with E-state index in [2.05, 4.69) is 0 Å². The summed E-state index contributed by atoms with van der Waals surface area (Å²) in [6.45, 7) is 5.07. The highest BCUT2D eigenvalue weighted by Gasteiger charge is 2.02. The molecule has 0 aliphatic carbocycles. The number of rotatable bonds is 2. The Morgan fingerprint density at radius 3 is 2.11 bits per heavy atom. The van der Waals surface area contributed by atoms with Gasteiger partial charge in [-0.2, -0.15) is 0 Å². The average molecular weight is 128 g/mol. The first-order valence-corrected chi connectivity index (χ1v) is 2.95. The highest BCUT2D eigenvalue weighted by molar-refractivity contribution is 5.91. The van der Waals surface area contributed by atoms with E-state index in [1.54, 1.807) is 13.8 Å². The Hall–Kier alpha value is -0.790. The third-order valence-corrected chi connectivity index (χ3v) is 0.920. The monoisotopic (exact) mass is 128 g/mol. The molecule has 0 saturated heterocycles. The van der Waals surface area contributed by atoms with Crippen LogP contribution in [-0.2, 0) is 4.79 Å². The molecule has 0 heterocycles. The van der Waals surface area contributed by atoms with Crippen LogP contribution in [0.3, 0.4) is 0 Å². The molecule has 0 spiro atoms. The van der Waals surface area contributed by atoms with Crippen molar-refractivity contribution in [3.63, 3.8) is 0 Å². The molecule has 0 unspecified atom stereocenters. The Balaban J connectivity index is 3.93. The molecule has 0 fully saturated rings. The predicted octanol–water partition coefficient (Wildman–Crippen LogP) is 1.67. The third-order valence-electron chi connectivity index (χ3n) is 0.920. The van der Waals surface area contributed by atoms with Gasteiger partial charge in [-0.05, 0) is 6.92 Å². The SMILES string of the molecule is C/C(O)=C/C(=O)C(C)C. The summed E-state index contributed by atoms with van der Waals surface area (Å²) in [5.41, 5.74) is 0. The number of allylic oxidation sites excluding steroid dienone is 2. The summed E-state index contributed by atoms with van der Waals surface area (Å²) in [4.78, 5) is 10.7. The fraction of sp³-hybridized carbons (Fsp3) is 0.571. The van der Waals surface area contributed by atoms with Crippen molar-refractivity contribution in [1.82, 2.24) is 0 Å². The number of hydrogen-bond acceptors (Lipinski definition) is 2. The van der Waals surface area contributed by atoms with Gasteiger partial charge in [0.25, 0.3) is 0 Å². The summed E-state index contributed by atoms with van der Waals surface area (Å²) in [5, 5.41) is 8.61. The van der Waals surface area contributed by atoms with Crippen LogP contribution in [0.15, 0.2) is 11.8 Å². The zero-order chi connectivity index (χ0) is 7.44. The molecule has 0 aliphatic heterocycles. The summed E-state index contributed by atoms with van der Waals surface area (Å²) in [7, 11) is 0. The highest BCUT2D eigenvalue weighted by atomic mass is 16.3. The number of carbonyl (C=O) groups excluding carboxylic acids is 1. The minimum Gasteiger partial charge on any atom is -0.512 e. The van der Waals surface area contributed by atoms with Gasteiger partial charge in [-0.25, -0.2) is 0 Å². The predicted molar refractivity (Wildman–Crippen MR) is 36.2 cm³/mol. The smallest absolute Gasteiger partial charge is 0.161 e. The van der Waals surface area contributed by atoms with Crippen molar-refractivity contribution < 1.29 is 9.90 Å². The Morgan fingerprint density at radius 2 is 2.00 bits per heavy atom. The summed E-state index contributed by atoms with van der Waals surface area (Å²) in [6.07, 6.45) is 1.24. The zero-order valence-corrected chi connectivity index (χ0v) is 6.01. The first-order valence-electron chi connectivity index (χ1n) is 2.95. The number of carbonyl (C=O) groups is 1. The van der Waals surface area contributed by atoms with Crippen LogP contribution in [0.25, 0.3) is 0 Å². The van der Waals surface area contributed by atoms with Gasteiger partial charge in [0.1, 0.15) is 0 Å². The molecule has 0 aromatic rings. The van der Waals surface area contributed by atoms with Crippen molar-refractivity contribution in [2.24, 2.45) is 5.92 Å². The molecule has 0 saturated carbocycles. The lowest BCUT2D eigenvalue weighted by Crippen LogP contribution is -2.02. The van der Waals surface area contributed by atoms with Crippen LogP contribution in [0, 0.1) is 5.92 Å². The molecule has 0 amide bonds. The lowest BCUT2D eigenvalue weighted by molar-refractivity contribution is -0.117. The topological polar surface area (TPSA) is 37.3 Å². The van der Waals surface area contributed by atoms with E-state index in [0.29, 0.717) is 0 Å². The normalized spacial score (nSPS) is 12.2. The van der Waals surface area contributed by atoms with Gasteiger partial charge in [0.15, 0.2) is 5.78 Å². The zero-order valence-electron chi connectivity index (χ0n) is 6.01. The summed E-state index contributed by atoms with van der Waals surface area (Å²) in [5.74, 6) is 0.0239. The van der Waals surface area contributed by atoms with Gasteiger partial charge in [-0.15, -0.1) is 0 Å². The maximum atomic E-state index is 10.7. The fourth-order valence-electron chi connectivity index (χ4n) is 0.373. The largest absolute Gasteiger partial charge is 0.512 e. The van der Waals surface area contributed by atoms with Crippen molar-refractivity contribution in [3.8, 4) is 0 Å². The van der Waals surface area contributed by atoms with Crippen molar-refractivity contribution in [2.45, 2.75) is 20.8 Å². The fourth-order valence-corrected chi connectivity index (χ4v) is 0.373. The number of aliphatic hydroxyl groups is 1. The first-order chi connectivity index (χ1) is 4.04. The molecular weight excluding hydrogens is 116 g/mol. The molecule has 9 heavy (non-hydrogen) atoms. The van der Waals surface area contributed by atoms with Crippen LogP contribution < -0.4 is 0 Å². The lowest BCUT2D eigenvalue weighted by atomic mass is 10.1. The number of ketones is 1. The van der Waals surface area contributed by atoms with E-state index in [4.69, 9.17) is 5.11 Å². The van der Waals surface area contributed by atoms with Crippen molar-refractivity contribution in [2.75, 3.05) is 0 Å². The second kappa shape index (κ2) is 3.28. The van der Waals surface area contributed by atoms with E-state index in [9.17, 15) is 4.79 Å². The lowest BCUT2D eigenvalue weighted by Gasteiger charge is -1.95. The van der Waals surface area contributed by atoms with Crippen molar-refractivity contribution in [1.29, 1.82) is 0 Å². The van der Waals surface area contributed by atoms with Gasteiger partial charge >= 0.3 is 0 Å². The highest BCUT2D eigenvalue weighted by Crippen LogP contribution is 1.97. The summed E-state index contributed by atoms with van der Waals surface area (Å²) < 4.78 is 0. The van der Waals surface area contributed by atoms with E-state index in [1.807, 2.05) is 0 Å². The van der Waals surface area contributed by atoms with E-state index in [1.165, 1.54) is 13.0 Å². The van der Waals surface area contributed by atoms with Gasteiger partial charge in [-0.3, -0.25) is 4.79 Å². The molecule has 52 valence electrons. The van der Waals surface area contributed by atoms with Crippen LogP contribution in [0.1, 0.15) is 20.8 Å². The molecule has 0 aromatic carbocycles. The van der Waals surface area contributed by atoms with Gasteiger partial charge in [0.2, 0.25) is 0 Å². The maximum Gasteiger partial charge on any atom is 0.161 e. The second-order valence-electron chi connectivity index (χ2n) is 2.34. The second-order valence-corrected chi connectivity index (χ2v) is 2.34. The molecule has 2 heteroatoms. The standard InChI is InChI=1S/C7H12O2/c1-5(2)7(9)4-6(3)8/h4-5,8H,1-3H3/b6-4-. The van der Waals surface area contributed by atoms with Gasteiger partial charge < -0.3 is 5.11 Å². The van der Waals surface area contributed by atoms with Gasteiger partial charge in [0.05, 0.1) is 5.76 Å². The summed E-state index contributed by atoms with van der Waals surface area (Å²) in [6, 6.07) is 0. The summed E-state index contributed by atoms with van der Waals surface area (Å²) >= 11 is 0. The first kappa shape index (κ1) is 8.21. The van der Waals surface area contributed by atoms with E-state index >= 15 is 0 Å². The number of aliphatic hydroxyl groups excluding tert-OH is 1. The molecule has 0 rings (SSSR count). The molecule has 1 N–H and O–H groups in total. The van der Waals surface area contributed by atoms with E-state index in [-0.39, 0.29) is 17.5 Å². The Kier molecular flexibility index (Phi) is 2.99. The van der Waals surface area contributed by atoms with Gasteiger partial charge in [-0.1, -0.05) is 13.8 Å². The molecule has 0 atom stereocenters. The van der Waals surface area contributed by atoms with Crippen LogP contribution in [0.2, 0.25) is 0 Å². The molecule has 0 bridgehead atoms. The Bertz CT molecular complexity index is 130. The number of hydrogen-bond donors (Lipinski definition) is 1. The minimum atomic E-state index is -0.0324. The van der Waals surface area contributed by atoms with Crippen LogP contribution in [-0.4, -0.2) is 10.9 Å². The maximum absolute atomic E-state index is 10.7. The van der Waals surface area contributed by atoms with E-state index in [0.717, 1.165) is 0 Å². The van der Waals surface area contributed by atoms with Crippen LogP contribution in [0.4, 0.5) is 0 Å². The quantitative estimate of drug-likeness (QED) is 0.453. The average Bonchev–Trinajstić information content (AvgIpc) is 1.63. The van der Waals surface area contributed by atoms with E-state index < -0.39 is 0 Å². The third kappa shape index (κ3) is 3.76.